The molecule has 1 heterocycles. The van der Waals surface area contributed by atoms with Gasteiger partial charge in [0.05, 0.1) is 32.6 Å². The van der Waals surface area contributed by atoms with Crippen molar-refractivity contribution >= 4 is 5.71 Å². The van der Waals surface area contributed by atoms with Crippen LogP contribution in [0.25, 0.3) is 0 Å². The number of benzene rings is 3. The maximum absolute atomic E-state index is 6.33. The van der Waals surface area contributed by atoms with Crippen molar-refractivity contribution in [1.82, 2.24) is 0 Å². The Morgan fingerprint density at radius 1 is 0.757 bits per heavy atom. The van der Waals surface area contributed by atoms with E-state index in [1.54, 1.807) is 14.2 Å². The van der Waals surface area contributed by atoms with Crippen molar-refractivity contribution in [2.24, 2.45) is 10.9 Å². The van der Waals surface area contributed by atoms with E-state index in [1.165, 1.54) is 31.2 Å². The summed E-state index contributed by atoms with van der Waals surface area (Å²) in [6.07, 6.45) is 7.22. The SMILES string of the molecule is COc1cc2c(cc1OC)[C@H]1CCCC[C@H]1N=C2c1ccc(OCc2ccccc2)c(OCC2CC2)c1. The lowest BCUT2D eigenvalue weighted by Crippen LogP contribution is -2.29. The Morgan fingerprint density at radius 3 is 2.32 bits per heavy atom. The molecule has 0 N–H and O–H groups in total. The molecule has 2 saturated carbocycles. The molecule has 2 aliphatic carbocycles. The van der Waals surface area contributed by atoms with Gasteiger partial charge in [0.2, 0.25) is 0 Å². The summed E-state index contributed by atoms with van der Waals surface area (Å²) in [6.45, 7) is 1.23. The minimum Gasteiger partial charge on any atom is -0.493 e. The van der Waals surface area contributed by atoms with E-state index in [0.29, 0.717) is 24.5 Å². The molecule has 0 saturated heterocycles. The molecule has 192 valence electrons. The summed E-state index contributed by atoms with van der Waals surface area (Å²) in [6, 6.07) is 21.1. The predicted molar refractivity (Wildman–Crippen MR) is 146 cm³/mol. The number of aliphatic imine (C=N–C) groups is 1. The summed E-state index contributed by atoms with van der Waals surface area (Å²) in [5.41, 5.74) is 5.64. The van der Waals surface area contributed by atoms with E-state index >= 15 is 0 Å². The van der Waals surface area contributed by atoms with E-state index in [2.05, 4.69) is 36.4 Å². The normalized spacial score (nSPS) is 20.3. The first-order valence-electron chi connectivity index (χ1n) is 13.5. The third kappa shape index (κ3) is 5.04. The number of methoxy groups -OCH3 is 2. The molecule has 1 aliphatic heterocycles. The van der Waals surface area contributed by atoms with Gasteiger partial charge in [-0.05, 0) is 73.1 Å². The molecule has 6 rings (SSSR count). The van der Waals surface area contributed by atoms with E-state index < -0.39 is 0 Å². The molecular weight excluding hydrogens is 462 g/mol. The minimum atomic E-state index is 0.291. The van der Waals surface area contributed by atoms with Crippen molar-refractivity contribution in [2.45, 2.75) is 57.1 Å². The van der Waals surface area contributed by atoms with Crippen molar-refractivity contribution in [3.05, 3.63) is 82.9 Å². The highest BCUT2D eigenvalue weighted by molar-refractivity contribution is 6.15. The second-order valence-electron chi connectivity index (χ2n) is 10.4. The number of hydrogen-bond donors (Lipinski definition) is 0. The van der Waals surface area contributed by atoms with E-state index in [-0.39, 0.29) is 0 Å². The summed E-state index contributed by atoms with van der Waals surface area (Å²) < 4.78 is 23.9. The third-order valence-electron chi connectivity index (χ3n) is 7.86. The maximum atomic E-state index is 6.33. The van der Waals surface area contributed by atoms with Gasteiger partial charge in [-0.1, -0.05) is 43.2 Å². The predicted octanol–water partition coefficient (Wildman–Crippen LogP) is 6.95. The van der Waals surface area contributed by atoms with Gasteiger partial charge < -0.3 is 18.9 Å². The van der Waals surface area contributed by atoms with Crippen LogP contribution in [0, 0.1) is 5.92 Å². The lowest BCUT2D eigenvalue weighted by atomic mass is 9.75. The highest BCUT2D eigenvalue weighted by Gasteiger charge is 2.35. The monoisotopic (exact) mass is 497 g/mol. The fourth-order valence-electron chi connectivity index (χ4n) is 5.62. The smallest absolute Gasteiger partial charge is 0.161 e. The largest absolute Gasteiger partial charge is 0.493 e. The van der Waals surface area contributed by atoms with Gasteiger partial charge >= 0.3 is 0 Å². The van der Waals surface area contributed by atoms with Gasteiger partial charge in [0.15, 0.2) is 23.0 Å². The molecule has 37 heavy (non-hydrogen) atoms. The summed E-state index contributed by atoms with van der Waals surface area (Å²) in [7, 11) is 3.40. The molecule has 3 aromatic rings. The molecule has 3 aromatic carbocycles. The third-order valence-corrected chi connectivity index (χ3v) is 7.86. The van der Waals surface area contributed by atoms with Gasteiger partial charge in [0.25, 0.3) is 0 Å². The molecule has 5 nitrogen and oxygen atoms in total. The average Bonchev–Trinajstić information content (AvgIpc) is 3.79. The number of hydrogen-bond acceptors (Lipinski definition) is 5. The molecule has 0 radical (unpaired) electrons. The highest BCUT2D eigenvalue weighted by Crippen LogP contribution is 2.45. The summed E-state index contributed by atoms with van der Waals surface area (Å²) >= 11 is 0. The first-order valence-corrected chi connectivity index (χ1v) is 13.5. The lowest BCUT2D eigenvalue weighted by Gasteiger charge is -2.36. The average molecular weight is 498 g/mol. The van der Waals surface area contributed by atoms with E-state index in [1.807, 2.05) is 24.3 Å². The van der Waals surface area contributed by atoms with E-state index in [0.717, 1.165) is 64.8 Å². The van der Waals surface area contributed by atoms with E-state index in [9.17, 15) is 0 Å². The van der Waals surface area contributed by atoms with Crippen molar-refractivity contribution in [2.75, 3.05) is 20.8 Å². The van der Waals surface area contributed by atoms with Crippen LogP contribution in [0.1, 0.15) is 66.7 Å². The lowest BCUT2D eigenvalue weighted by molar-refractivity contribution is 0.254. The van der Waals surface area contributed by atoms with E-state index in [4.69, 9.17) is 23.9 Å². The number of nitrogens with zero attached hydrogens (tertiary/aromatic N) is 1. The quantitative estimate of drug-likeness (QED) is 0.321. The van der Waals surface area contributed by atoms with Gasteiger partial charge in [-0.2, -0.15) is 0 Å². The zero-order chi connectivity index (χ0) is 25.2. The Labute approximate surface area is 219 Å². The van der Waals surface area contributed by atoms with Gasteiger partial charge in [-0.15, -0.1) is 0 Å². The van der Waals surface area contributed by atoms with Crippen molar-refractivity contribution in [3.8, 4) is 23.0 Å². The fraction of sp³-hybridized carbons (Fsp3) is 0.406. The summed E-state index contributed by atoms with van der Waals surface area (Å²) in [5, 5.41) is 0. The highest BCUT2D eigenvalue weighted by atomic mass is 16.5. The molecular formula is C32H35NO4. The zero-order valence-electron chi connectivity index (χ0n) is 21.7. The van der Waals surface area contributed by atoms with Crippen molar-refractivity contribution < 1.29 is 18.9 Å². The maximum Gasteiger partial charge on any atom is 0.161 e. The van der Waals surface area contributed by atoms with Crippen LogP contribution in [0.4, 0.5) is 0 Å². The second-order valence-corrected chi connectivity index (χ2v) is 10.4. The van der Waals surface area contributed by atoms with Gasteiger partial charge in [-0.25, -0.2) is 0 Å². The summed E-state index contributed by atoms with van der Waals surface area (Å²) in [4.78, 5) is 5.34. The number of fused-ring (bicyclic) bond motifs is 3. The molecule has 3 aliphatic rings. The number of ether oxygens (including phenoxy) is 4. The van der Waals surface area contributed by atoms with Crippen LogP contribution in [0.2, 0.25) is 0 Å². The van der Waals surface area contributed by atoms with Gasteiger partial charge in [-0.3, -0.25) is 4.99 Å². The fourth-order valence-corrected chi connectivity index (χ4v) is 5.62. The van der Waals surface area contributed by atoms with Crippen molar-refractivity contribution in [1.29, 1.82) is 0 Å². The van der Waals surface area contributed by atoms with Crippen LogP contribution in [-0.2, 0) is 6.61 Å². The Bertz CT molecular complexity index is 1280. The first-order chi connectivity index (χ1) is 18.2. The molecule has 0 amide bonds. The van der Waals surface area contributed by atoms with Crippen LogP contribution >= 0.6 is 0 Å². The van der Waals surface area contributed by atoms with Crippen molar-refractivity contribution in [3.63, 3.8) is 0 Å². The molecule has 5 heteroatoms. The Morgan fingerprint density at radius 2 is 1.54 bits per heavy atom. The minimum absolute atomic E-state index is 0.291. The topological polar surface area (TPSA) is 49.3 Å². The van der Waals surface area contributed by atoms with Crippen LogP contribution < -0.4 is 18.9 Å². The molecule has 2 atom stereocenters. The van der Waals surface area contributed by atoms with Crippen LogP contribution in [-0.4, -0.2) is 32.6 Å². The van der Waals surface area contributed by atoms with Crippen LogP contribution in [0.5, 0.6) is 23.0 Å². The Balaban J connectivity index is 1.38. The molecule has 2 fully saturated rings. The molecule has 0 bridgehead atoms. The standard InChI is InChI=1S/C32H35NO4/c1-34-29-17-25-24-10-6-7-11-27(24)33-32(26(25)18-30(29)35-2)23-14-15-28(31(16-23)37-20-22-12-13-22)36-19-21-8-4-3-5-9-21/h3-5,8-9,14-18,22,24,27H,6-7,10-13,19-20H2,1-2H3/t24-,27-/m1/s1. The Hall–Kier alpha value is -3.47. The number of rotatable bonds is 9. The van der Waals surface area contributed by atoms with Gasteiger partial charge in [0, 0.05) is 17.0 Å². The molecule has 0 spiro atoms. The first kappa shape index (κ1) is 23.9. The van der Waals surface area contributed by atoms with Crippen LogP contribution in [0.15, 0.2) is 65.7 Å². The summed E-state index contributed by atoms with van der Waals surface area (Å²) in [5.74, 6) is 4.15. The van der Waals surface area contributed by atoms with Crippen LogP contribution in [0.3, 0.4) is 0 Å². The van der Waals surface area contributed by atoms with Gasteiger partial charge in [0.1, 0.15) is 6.61 Å². The molecule has 0 unspecified atom stereocenters. The second kappa shape index (κ2) is 10.5. The Kier molecular flexibility index (Phi) is 6.77. The molecule has 0 aromatic heterocycles. The zero-order valence-corrected chi connectivity index (χ0v) is 21.7.